The summed E-state index contributed by atoms with van der Waals surface area (Å²) < 4.78 is 1.84. The van der Waals surface area contributed by atoms with Gasteiger partial charge in [-0.2, -0.15) is 0 Å². The lowest BCUT2D eigenvalue weighted by Crippen LogP contribution is -2.44. The van der Waals surface area contributed by atoms with E-state index in [1.54, 1.807) is 12.3 Å². The number of carboxylic acid groups (broad SMARTS) is 1. The summed E-state index contributed by atoms with van der Waals surface area (Å²) >= 11 is 6.00. The maximum atomic E-state index is 12.7. The first-order chi connectivity index (χ1) is 10.0. The number of nitrogens with zero attached hydrogens (tertiary/aromatic N) is 2. The Morgan fingerprint density at radius 2 is 2.19 bits per heavy atom. The van der Waals surface area contributed by atoms with Crippen molar-refractivity contribution in [2.45, 2.75) is 51.6 Å². The Hall–Kier alpha value is -1.49. The van der Waals surface area contributed by atoms with Crippen molar-refractivity contribution in [2.24, 2.45) is 0 Å². The molecule has 0 bridgehead atoms. The molecule has 1 N–H and O–H groups in total. The largest absolute Gasteiger partial charge is 0.481 e. The molecule has 1 aliphatic rings. The summed E-state index contributed by atoms with van der Waals surface area (Å²) in [6.45, 7) is 3.34. The van der Waals surface area contributed by atoms with E-state index in [1.807, 2.05) is 16.4 Å². The third kappa shape index (κ3) is 3.79. The number of piperidine rings is 1. The van der Waals surface area contributed by atoms with E-state index in [1.165, 1.54) is 0 Å². The maximum absolute atomic E-state index is 12.7. The van der Waals surface area contributed by atoms with Crippen molar-refractivity contribution >= 4 is 23.5 Å². The van der Waals surface area contributed by atoms with Gasteiger partial charge in [-0.15, -0.1) is 0 Å². The summed E-state index contributed by atoms with van der Waals surface area (Å²) in [6.07, 6.45) is 5.26. The van der Waals surface area contributed by atoms with Crippen LogP contribution in [0.3, 0.4) is 0 Å². The highest BCUT2D eigenvalue weighted by Crippen LogP contribution is 2.24. The fourth-order valence-electron chi connectivity index (χ4n) is 2.92. The van der Waals surface area contributed by atoms with Gasteiger partial charge in [0.15, 0.2) is 0 Å². The molecular formula is C15H21ClN2O3. The number of carboxylic acids is 1. The molecule has 1 aliphatic heterocycles. The molecule has 0 radical (unpaired) electrons. The number of amides is 1. The quantitative estimate of drug-likeness (QED) is 0.909. The van der Waals surface area contributed by atoms with Crippen molar-refractivity contribution in [1.29, 1.82) is 0 Å². The third-order valence-corrected chi connectivity index (χ3v) is 4.21. The first-order valence-corrected chi connectivity index (χ1v) is 7.79. The van der Waals surface area contributed by atoms with Gasteiger partial charge < -0.3 is 14.6 Å². The van der Waals surface area contributed by atoms with Crippen LogP contribution in [0.5, 0.6) is 0 Å². The minimum atomic E-state index is -0.812. The molecule has 116 valence electrons. The summed E-state index contributed by atoms with van der Waals surface area (Å²) in [5.74, 6) is -0.855. The van der Waals surface area contributed by atoms with Gasteiger partial charge in [0.2, 0.25) is 0 Å². The van der Waals surface area contributed by atoms with Crippen LogP contribution in [0.2, 0.25) is 5.02 Å². The average molecular weight is 313 g/mol. The second-order valence-corrected chi connectivity index (χ2v) is 5.85. The standard InChI is InChI=1S/C15H21ClN2O3/c1-2-17-10-11(16)9-13(17)15(21)18-8-4-3-5-12(18)6-7-14(19)20/h9-10,12H,2-8H2,1H3,(H,19,20). The number of aromatic nitrogens is 1. The number of halogens is 1. The van der Waals surface area contributed by atoms with Crippen molar-refractivity contribution in [3.63, 3.8) is 0 Å². The van der Waals surface area contributed by atoms with Crippen LogP contribution in [0.15, 0.2) is 12.3 Å². The molecule has 2 rings (SSSR count). The molecule has 0 aliphatic carbocycles. The van der Waals surface area contributed by atoms with E-state index < -0.39 is 5.97 Å². The lowest BCUT2D eigenvalue weighted by Gasteiger charge is -2.35. The first kappa shape index (κ1) is 15.9. The molecule has 1 atom stereocenters. The van der Waals surface area contributed by atoms with E-state index in [0.29, 0.717) is 30.2 Å². The Morgan fingerprint density at radius 3 is 2.86 bits per heavy atom. The van der Waals surface area contributed by atoms with Gasteiger partial charge in [-0.05, 0) is 38.7 Å². The minimum absolute atomic E-state index is 0.0151. The molecule has 1 fully saturated rings. The Labute approximate surface area is 129 Å². The van der Waals surface area contributed by atoms with Crippen LogP contribution in [0.25, 0.3) is 0 Å². The zero-order valence-electron chi connectivity index (χ0n) is 12.2. The highest BCUT2D eigenvalue weighted by Gasteiger charge is 2.29. The van der Waals surface area contributed by atoms with E-state index in [-0.39, 0.29) is 18.4 Å². The van der Waals surface area contributed by atoms with Crippen LogP contribution in [0, 0.1) is 0 Å². The molecule has 21 heavy (non-hydrogen) atoms. The molecule has 0 spiro atoms. The van der Waals surface area contributed by atoms with Crippen LogP contribution < -0.4 is 0 Å². The predicted molar refractivity (Wildman–Crippen MR) is 80.7 cm³/mol. The molecule has 2 heterocycles. The van der Waals surface area contributed by atoms with E-state index in [0.717, 1.165) is 19.3 Å². The maximum Gasteiger partial charge on any atom is 0.303 e. The molecule has 1 aromatic heterocycles. The monoisotopic (exact) mass is 312 g/mol. The number of carbonyl (C=O) groups is 2. The Bertz CT molecular complexity index is 527. The number of aryl methyl sites for hydroxylation is 1. The molecule has 1 unspecified atom stereocenters. The van der Waals surface area contributed by atoms with Gasteiger partial charge >= 0.3 is 5.97 Å². The summed E-state index contributed by atoms with van der Waals surface area (Å²) in [7, 11) is 0. The van der Waals surface area contributed by atoms with Gasteiger partial charge in [0.25, 0.3) is 5.91 Å². The normalized spacial score (nSPS) is 18.8. The minimum Gasteiger partial charge on any atom is -0.481 e. The number of carbonyl (C=O) groups excluding carboxylic acids is 1. The topological polar surface area (TPSA) is 62.5 Å². The zero-order valence-corrected chi connectivity index (χ0v) is 13.0. The van der Waals surface area contributed by atoms with Crippen LogP contribution in [-0.2, 0) is 11.3 Å². The van der Waals surface area contributed by atoms with Gasteiger partial charge in [-0.3, -0.25) is 9.59 Å². The molecule has 1 saturated heterocycles. The number of hydrogen-bond acceptors (Lipinski definition) is 2. The fourth-order valence-corrected chi connectivity index (χ4v) is 3.14. The second kappa shape index (κ2) is 6.98. The van der Waals surface area contributed by atoms with Crippen molar-refractivity contribution in [3.05, 3.63) is 23.0 Å². The number of likely N-dealkylation sites (tertiary alicyclic amines) is 1. The smallest absolute Gasteiger partial charge is 0.303 e. The van der Waals surface area contributed by atoms with Crippen molar-refractivity contribution in [1.82, 2.24) is 9.47 Å². The number of aliphatic carboxylic acids is 1. The summed E-state index contributed by atoms with van der Waals surface area (Å²) in [5, 5.41) is 9.40. The van der Waals surface area contributed by atoms with Crippen molar-refractivity contribution < 1.29 is 14.7 Å². The van der Waals surface area contributed by atoms with Gasteiger partial charge in [-0.1, -0.05) is 11.6 Å². The van der Waals surface area contributed by atoms with Crippen molar-refractivity contribution in [2.75, 3.05) is 6.54 Å². The third-order valence-electron chi connectivity index (χ3n) is 4.00. The highest BCUT2D eigenvalue weighted by atomic mass is 35.5. The molecule has 6 heteroatoms. The lowest BCUT2D eigenvalue weighted by molar-refractivity contribution is -0.137. The second-order valence-electron chi connectivity index (χ2n) is 5.41. The van der Waals surface area contributed by atoms with Gasteiger partial charge in [0.05, 0.1) is 5.02 Å². The highest BCUT2D eigenvalue weighted by molar-refractivity contribution is 6.31. The SMILES string of the molecule is CCn1cc(Cl)cc1C(=O)N1CCCCC1CCC(=O)O. The molecule has 0 aromatic carbocycles. The van der Waals surface area contributed by atoms with Gasteiger partial charge in [0, 0.05) is 31.7 Å². The van der Waals surface area contributed by atoms with Crippen LogP contribution >= 0.6 is 11.6 Å². The Kier molecular flexibility index (Phi) is 5.28. The van der Waals surface area contributed by atoms with Crippen molar-refractivity contribution in [3.8, 4) is 0 Å². The molecule has 5 nitrogen and oxygen atoms in total. The van der Waals surface area contributed by atoms with Gasteiger partial charge in [0.1, 0.15) is 5.69 Å². The Balaban J connectivity index is 2.15. The van der Waals surface area contributed by atoms with E-state index in [4.69, 9.17) is 16.7 Å². The van der Waals surface area contributed by atoms with Crippen LogP contribution in [0.1, 0.15) is 49.5 Å². The van der Waals surface area contributed by atoms with Crippen LogP contribution in [0.4, 0.5) is 0 Å². The predicted octanol–water partition coefficient (Wildman–Crippen LogP) is 3.02. The van der Waals surface area contributed by atoms with Gasteiger partial charge in [-0.25, -0.2) is 0 Å². The van der Waals surface area contributed by atoms with E-state index in [9.17, 15) is 9.59 Å². The Morgan fingerprint density at radius 1 is 1.43 bits per heavy atom. The van der Waals surface area contributed by atoms with E-state index >= 15 is 0 Å². The fraction of sp³-hybridized carbons (Fsp3) is 0.600. The van der Waals surface area contributed by atoms with Crippen LogP contribution in [-0.4, -0.2) is 39.0 Å². The molecule has 0 saturated carbocycles. The lowest BCUT2D eigenvalue weighted by atomic mass is 9.97. The molecule has 1 aromatic rings. The zero-order chi connectivity index (χ0) is 15.4. The molecule has 1 amide bonds. The average Bonchev–Trinajstić information content (AvgIpc) is 2.85. The first-order valence-electron chi connectivity index (χ1n) is 7.41. The summed E-state index contributed by atoms with van der Waals surface area (Å²) in [4.78, 5) is 25.3. The summed E-state index contributed by atoms with van der Waals surface area (Å²) in [6, 6.07) is 1.71. The number of rotatable bonds is 5. The number of hydrogen-bond donors (Lipinski definition) is 1. The molecular weight excluding hydrogens is 292 g/mol. The summed E-state index contributed by atoms with van der Waals surface area (Å²) in [5.41, 5.74) is 0.588. The van der Waals surface area contributed by atoms with E-state index in [2.05, 4.69) is 0 Å².